The summed E-state index contributed by atoms with van der Waals surface area (Å²) in [5.74, 6) is -0.331. The maximum atomic E-state index is 12.4. The lowest BCUT2D eigenvalue weighted by molar-refractivity contribution is 0.0383. The van der Waals surface area contributed by atoms with Gasteiger partial charge in [0.2, 0.25) is 0 Å². The highest BCUT2D eigenvalue weighted by molar-refractivity contribution is 5.97. The number of morpholine rings is 1. The summed E-state index contributed by atoms with van der Waals surface area (Å²) in [5.41, 5.74) is 1.15. The Morgan fingerprint density at radius 3 is 2.79 bits per heavy atom. The fourth-order valence-electron chi connectivity index (χ4n) is 2.81. The third kappa shape index (κ3) is 5.24. The second-order valence-electron chi connectivity index (χ2n) is 6.16. The van der Waals surface area contributed by atoms with Crippen LogP contribution in [0.25, 0.3) is 0 Å². The molecule has 2 heterocycles. The van der Waals surface area contributed by atoms with Crippen molar-refractivity contribution in [2.75, 3.05) is 51.8 Å². The van der Waals surface area contributed by atoms with Gasteiger partial charge in [-0.25, -0.2) is 14.8 Å². The maximum absolute atomic E-state index is 12.4. The average molecular weight is 385 g/mol. The number of ether oxygens (including phenoxy) is 2. The van der Waals surface area contributed by atoms with E-state index in [9.17, 15) is 9.59 Å². The summed E-state index contributed by atoms with van der Waals surface area (Å²) in [6.07, 6.45) is 1.31. The van der Waals surface area contributed by atoms with Gasteiger partial charge in [0.1, 0.15) is 17.8 Å². The summed E-state index contributed by atoms with van der Waals surface area (Å²) in [6.45, 7) is 4.48. The lowest BCUT2D eigenvalue weighted by Gasteiger charge is -2.26. The van der Waals surface area contributed by atoms with Crippen molar-refractivity contribution in [3.8, 4) is 0 Å². The molecule has 0 unspecified atom stereocenters. The van der Waals surface area contributed by atoms with E-state index in [0.29, 0.717) is 23.6 Å². The second-order valence-corrected chi connectivity index (χ2v) is 6.16. The number of nitrogens with zero attached hydrogens (tertiary/aromatic N) is 3. The summed E-state index contributed by atoms with van der Waals surface area (Å²) < 4.78 is 10.1. The van der Waals surface area contributed by atoms with E-state index in [0.717, 1.165) is 32.8 Å². The highest BCUT2D eigenvalue weighted by Gasteiger charge is 2.14. The molecule has 3 rings (SSSR count). The number of aromatic nitrogens is 2. The smallest absolute Gasteiger partial charge is 0.339 e. The molecule has 28 heavy (non-hydrogen) atoms. The Morgan fingerprint density at radius 1 is 1.21 bits per heavy atom. The Labute approximate surface area is 163 Å². The standard InChI is InChI=1S/C19H23N5O4/c1-27-19(26)14-4-2-3-5-15(14)23-17-12-16(21-13-22-17)18(25)20-6-7-24-8-10-28-11-9-24/h2-5,12-13H,6-11H2,1H3,(H,20,25)(H,21,22,23). The first-order valence-corrected chi connectivity index (χ1v) is 9.02. The van der Waals surface area contributed by atoms with Gasteiger partial charge < -0.3 is 20.1 Å². The molecule has 1 aromatic heterocycles. The largest absolute Gasteiger partial charge is 0.465 e. The first-order valence-electron chi connectivity index (χ1n) is 9.02. The van der Waals surface area contributed by atoms with Crippen molar-refractivity contribution in [2.24, 2.45) is 0 Å². The Hall–Kier alpha value is -3.04. The molecule has 0 radical (unpaired) electrons. The second kappa shape index (κ2) is 9.77. The van der Waals surface area contributed by atoms with Crippen molar-refractivity contribution >= 4 is 23.4 Å². The quantitative estimate of drug-likeness (QED) is 0.682. The molecule has 9 nitrogen and oxygen atoms in total. The van der Waals surface area contributed by atoms with Crippen molar-refractivity contribution in [3.05, 3.63) is 47.9 Å². The zero-order valence-corrected chi connectivity index (χ0v) is 15.7. The molecule has 0 aliphatic carbocycles. The minimum Gasteiger partial charge on any atom is -0.465 e. The molecule has 0 saturated carbocycles. The van der Waals surface area contributed by atoms with Crippen LogP contribution < -0.4 is 10.6 Å². The zero-order chi connectivity index (χ0) is 19.8. The van der Waals surface area contributed by atoms with Crippen LogP contribution in [-0.4, -0.2) is 73.2 Å². The summed E-state index contributed by atoms with van der Waals surface area (Å²) in [7, 11) is 1.32. The van der Waals surface area contributed by atoms with E-state index in [2.05, 4.69) is 25.5 Å². The van der Waals surface area contributed by atoms with Gasteiger partial charge in [-0.2, -0.15) is 0 Å². The first-order chi connectivity index (χ1) is 13.7. The van der Waals surface area contributed by atoms with Crippen molar-refractivity contribution in [1.82, 2.24) is 20.2 Å². The molecule has 0 atom stereocenters. The SMILES string of the molecule is COC(=O)c1ccccc1Nc1cc(C(=O)NCCN2CCOCC2)ncn1. The van der Waals surface area contributed by atoms with Gasteiger partial charge in [0.05, 0.1) is 31.6 Å². The minimum atomic E-state index is -0.460. The number of amides is 1. The van der Waals surface area contributed by atoms with Crippen LogP contribution >= 0.6 is 0 Å². The third-order valence-electron chi connectivity index (χ3n) is 4.31. The van der Waals surface area contributed by atoms with Gasteiger partial charge in [-0.3, -0.25) is 9.69 Å². The van der Waals surface area contributed by atoms with E-state index in [1.54, 1.807) is 24.3 Å². The van der Waals surface area contributed by atoms with Crippen LogP contribution in [0.15, 0.2) is 36.7 Å². The molecule has 0 bridgehead atoms. The minimum absolute atomic E-state index is 0.245. The van der Waals surface area contributed by atoms with Crippen LogP contribution in [-0.2, 0) is 9.47 Å². The Balaban J connectivity index is 1.61. The van der Waals surface area contributed by atoms with Gasteiger partial charge in [0.15, 0.2) is 0 Å². The molecule has 1 aliphatic heterocycles. The summed E-state index contributed by atoms with van der Waals surface area (Å²) in [4.78, 5) is 34.6. The van der Waals surface area contributed by atoms with Gasteiger partial charge in [-0.15, -0.1) is 0 Å². The number of esters is 1. The molecule has 1 saturated heterocycles. The fraction of sp³-hybridized carbons (Fsp3) is 0.368. The molecule has 1 fully saturated rings. The number of para-hydroxylation sites is 1. The average Bonchev–Trinajstić information content (AvgIpc) is 2.74. The predicted octanol–water partition coefficient (Wildman–Crippen LogP) is 1.07. The molecule has 2 aromatic rings. The Kier molecular flexibility index (Phi) is 6.88. The predicted molar refractivity (Wildman–Crippen MR) is 103 cm³/mol. The zero-order valence-electron chi connectivity index (χ0n) is 15.7. The number of carbonyl (C=O) groups is 2. The molecule has 9 heteroatoms. The van der Waals surface area contributed by atoms with Crippen molar-refractivity contribution in [1.29, 1.82) is 0 Å². The van der Waals surface area contributed by atoms with Crippen LogP contribution in [0.3, 0.4) is 0 Å². The highest BCUT2D eigenvalue weighted by atomic mass is 16.5. The number of hydrogen-bond acceptors (Lipinski definition) is 8. The van der Waals surface area contributed by atoms with Crippen LogP contribution in [0.1, 0.15) is 20.8 Å². The van der Waals surface area contributed by atoms with Gasteiger partial charge in [0.25, 0.3) is 5.91 Å². The van der Waals surface area contributed by atoms with Crippen LogP contribution in [0.2, 0.25) is 0 Å². The van der Waals surface area contributed by atoms with E-state index in [-0.39, 0.29) is 11.6 Å². The summed E-state index contributed by atoms with van der Waals surface area (Å²) >= 11 is 0. The molecule has 2 N–H and O–H groups in total. The van der Waals surface area contributed by atoms with E-state index >= 15 is 0 Å². The van der Waals surface area contributed by atoms with E-state index in [4.69, 9.17) is 9.47 Å². The number of benzene rings is 1. The molecular formula is C19H23N5O4. The monoisotopic (exact) mass is 385 g/mol. The molecule has 1 aromatic carbocycles. The number of nitrogens with one attached hydrogen (secondary N) is 2. The van der Waals surface area contributed by atoms with Gasteiger partial charge >= 0.3 is 5.97 Å². The number of anilines is 2. The molecule has 148 valence electrons. The van der Waals surface area contributed by atoms with E-state index in [1.165, 1.54) is 19.5 Å². The Bertz CT molecular complexity index is 823. The number of carbonyl (C=O) groups excluding carboxylic acids is 2. The highest BCUT2D eigenvalue weighted by Crippen LogP contribution is 2.20. The number of hydrogen-bond donors (Lipinski definition) is 2. The topological polar surface area (TPSA) is 106 Å². The van der Waals surface area contributed by atoms with Gasteiger partial charge in [-0.1, -0.05) is 12.1 Å². The maximum Gasteiger partial charge on any atom is 0.339 e. The van der Waals surface area contributed by atoms with E-state index < -0.39 is 5.97 Å². The van der Waals surface area contributed by atoms with Gasteiger partial charge in [0, 0.05) is 32.2 Å². The van der Waals surface area contributed by atoms with Crippen LogP contribution in [0.5, 0.6) is 0 Å². The molecule has 1 amide bonds. The summed E-state index contributed by atoms with van der Waals surface area (Å²) in [5, 5.41) is 5.90. The molecule has 1 aliphatic rings. The fourth-order valence-corrected chi connectivity index (χ4v) is 2.81. The van der Waals surface area contributed by atoms with Crippen LogP contribution in [0, 0.1) is 0 Å². The first kappa shape index (κ1) is 19.7. The normalized spacial score (nSPS) is 14.3. The van der Waals surface area contributed by atoms with Gasteiger partial charge in [-0.05, 0) is 12.1 Å². The summed E-state index contributed by atoms with van der Waals surface area (Å²) in [6, 6.07) is 8.45. The lowest BCUT2D eigenvalue weighted by Crippen LogP contribution is -2.41. The van der Waals surface area contributed by atoms with Crippen LogP contribution in [0.4, 0.5) is 11.5 Å². The number of rotatable bonds is 7. The van der Waals surface area contributed by atoms with E-state index in [1.807, 2.05) is 0 Å². The number of methoxy groups -OCH3 is 1. The molecule has 0 spiro atoms. The lowest BCUT2D eigenvalue weighted by atomic mass is 10.2. The molecular weight excluding hydrogens is 362 g/mol. The third-order valence-corrected chi connectivity index (χ3v) is 4.31. The Morgan fingerprint density at radius 2 is 2.00 bits per heavy atom. The van der Waals surface area contributed by atoms with Crippen molar-refractivity contribution < 1.29 is 19.1 Å². The van der Waals surface area contributed by atoms with Crippen molar-refractivity contribution in [2.45, 2.75) is 0 Å². The van der Waals surface area contributed by atoms with Crippen molar-refractivity contribution in [3.63, 3.8) is 0 Å².